The highest BCUT2D eigenvalue weighted by molar-refractivity contribution is 6.42. The van der Waals surface area contributed by atoms with Crippen LogP contribution in [0.1, 0.15) is 30.0 Å². The maximum Gasteiger partial charge on any atom is 0.307 e. The summed E-state index contributed by atoms with van der Waals surface area (Å²) in [6.07, 6.45) is 1.42. The van der Waals surface area contributed by atoms with Crippen LogP contribution in [0.2, 0.25) is 10.0 Å². The van der Waals surface area contributed by atoms with Crippen LogP contribution < -0.4 is 14.2 Å². The first kappa shape index (κ1) is 22.5. The Bertz CT molecular complexity index is 895. The first-order valence-corrected chi connectivity index (χ1v) is 10.4. The topological polar surface area (TPSA) is 68.2 Å². The molecule has 8 heteroatoms. The third-order valence-corrected chi connectivity index (χ3v) is 6.28. The summed E-state index contributed by atoms with van der Waals surface area (Å²) in [4.78, 5) is 13.8. The standard InChI is InChI=1S/C22H25Cl2NO5/c1-28-17-10-14(11-18(29-2)21(17)30-3)20(15-7-4-8-16(23)19(15)24)25-9-5-6-13(12-25)22(26)27/h4,7-8,10-11,13,20H,5-6,9,12H2,1-3H3,(H,26,27). The minimum Gasteiger partial charge on any atom is -0.493 e. The lowest BCUT2D eigenvalue weighted by atomic mass is 9.91. The van der Waals surface area contributed by atoms with Crippen LogP contribution >= 0.6 is 23.2 Å². The zero-order valence-electron chi connectivity index (χ0n) is 17.2. The maximum absolute atomic E-state index is 11.7. The van der Waals surface area contributed by atoms with Crippen LogP contribution in [0, 0.1) is 5.92 Å². The molecule has 162 valence electrons. The Morgan fingerprint density at radius 3 is 2.37 bits per heavy atom. The number of likely N-dealkylation sites (tertiary alicyclic amines) is 1. The molecule has 30 heavy (non-hydrogen) atoms. The molecular formula is C22H25Cl2NO5. The van der Waals surface area contributed by atoms with E-state index in [1.165, 1.54) is 0 Å². The van der Waals surface area contributed by atoms with Crippen molar-refractivity contribution in [2.24, 2.45) is 5.92 Å². The van der Waals surface area contributed by atoms with Crippen LogP contribution in [0.5, 0.6) is 17.2 Å². The molecule has 0 aliphatic carbocycles. The van der Waals surface area contributed by atoms with Crippen LogP contribution in [0.3, 0.4) is 0 Å². The van der Waals surface area contributed by atoms with Gasteiger partial charge in [0.1, 0.15) is 0 Å². The van der Waals surface area contributed by atoms with Crippen molar-refractivity contribution in [1.29, 1.82) is 0 Å². The van der Waals surface area contributed by atoms with Crippen LogP contribution in [0.15, 0.2) is 30.3 Å². The van der Waals surface area contributed by atoms with E-state index in [9.17, 15) is 9.90 Å². The lowest BCUT2D eigenvalue weighted by Crippen LogP contribution is -2.41. The van der Waals surface area contributed by atoms with Crippen molar-refractivity contribution in [2.45, 2.75) is 18.9 Å². The van der Waals surface area contributed by atoms with Crippen molar-refractivity contribution in [3.63, 3.8) is 0 Å². The van der Waals surface area contributed by atoms with Crippen molar-refractivity contribution in [1.82, 2.24) is 4.90 Å². The molecule has 0 amide bonds. The summed E-state index contributed by atoms with van der Waals surface area (Å²) in [7, 11) is 4.67. The molecule has 0 spiro atoms. The van der Waals surface area contributed by atoms with Crippen molar-refractivity contribution in [3.8, 4) is 17.2 Å². The monoisotopic (exact) mass is 453 g/mol. The van der Waals surface area contributed by atoms with Crippen molar-refractivity contribution in [3.05, 3.63) is 51.5 Å². The molecule has 2 aromatic carbocycles. The fourth-order valence-corrected chi connectivity index (χ4v) is 4.43. The van der Waals surface area contributed by atoms with Crippen molar-refractivity contribution in [2.75, 3.05) is 34.4 Å². The van der Waals surface area contributed by atoms with Gasteiger partial charge in [0, 0.05) is 6.54 Å². The summed E-state index contributed by atoms with van der Waals surface area (Å²) in [5.74, 6) is 0.284. The molecular weight excluding hydrogens is 429 g/mol. The number of halogens is 2. The van der Waals surface area contributed by atoms with Crippen molar-refractivity contribution >= 4 is 29.2 Å². The first-order valence-electron chi connectivity index (χ1n) is 9.61. The second-order valence-corrected chi connectivity index (χ2v) is 7.96. The Morgan fingerprint density at radius 2 is 1.80 bits per heavy atom. The van der Waals surface area contributed by atoms with Gasteiger partial charge in [-0.3, -0.25) is 9.69 Å². The first-order chi connectivity index (χ1) is 14.4. The van der Waals surface area contributed by atoms with E-state index in [1.807, 2.05) is 24.3 Å². The SMILES string of the molecule is COc1cc(C(c2cccc(Cl)c2Cl)N2CCCC(C(=O)O)C2)cc(OC)c1OC. The highest BCUT2D eigenvalue weighted by Gasteiger charge is 2.33. The van der Waals surface area contributed by atoms with Gasteiger partial charge in [-0.2, -0.15) is 0 Å². The largest absolute Gasteiger partial charge is 0.493 e. The number of hydrogen-bond acceptors (Lipinski definition) is 5. The van der Waals surface area contributed by atoms with Crippen molar-refractivity contribution < 1.29 is 24.1 Å². The van der Waals surface area contributed by atoms with Gasteiger partial charge in [-0.25, -0.2) is 0 Å². The van der Waals surface area contributed by atoms with E-state index >= 15 is 0 Å². The zero-order chi connectivity index (χ0) is 21.8. The van der Waals surface area contributed by atoms with Crippen LogP contribution in [-0.2, 0) is 4.79 Å². The number of nitrogens with zero attached hydrogens (tertiary/aromatic N) is 1. The lowest BCUT2D eigenvalue weighted by Gasteiger charge is -2.38. The number of ether oxygens (including phenoxy) is 3. The van der Waals surface area contributed by atoms with Gasteiger partial charge in [0.15, 0.2) is 11.5 Å². The Hall–Kier alpha value is -2.15. The fraction of sp³-hybridized carbons (Fsp3) is 0.409. The number of hydrogen-bond donors (Lipinski definition) is 1. The lowest BCUT2D eigenvalue weighted by molar-refractivity contribution is -0.143. The van der Waals surface area contributed by atoms with Crippen LogP contribution in [0.25, 0.3) is 0 Å². The van der Waals surface area contributed by atoms with E-state index in [-0.39, 0.29) is 6.04 Å². The Balaban J connectivity index is 2.17. The highest BCUT2D eigenvalue weighted by atomic mass is 35.5. The molecule has 1 aliphatic rings. The van der Waals surface area contributed by atoms with Gasteiger partial charge in [0.25, 0.3) is 0 Å². The van der Waals surface area contributed by atoms with E-state index in [2.05, 4.69) is 4.90 Å². The molecule has 3 rings (SSSR count). The number of carboxylic acids is 1. The summed E-state index contributed by atoms with van der Waals surface area (Å²) < 4.78 is 16.5. The normalized spacial score (nSPS) is 18.0. The minimum absolute atomic E-state index is 0.327. The van der Waals surface area contributed by atoms with Gasteiger partial charge >= 0.3 is 5.97 Å². The average molecular weight is 454 g/mol. The molecule has 1 aliphatic heterocycles. The quantitative estimate of drug-likeness (QED) is 0.642. The number of rotatable bonds is 7. The van der Waals surface area contributed by atoms with E-state index < -0.39 is 11.9 Å². The van der Waals surface area contributed by atoms with Gasteiger partial charge in [0.2, 0.25) is 5.75 Å². The molecule has 2 atom stereocenters. The second-order valence-electron chi connectivity index (χ2n) is 7.18. The number of methoxy groups -OCH3 is 3. The molecule has 2 aromatic rings. The third kappa shape index (κ3) is 4.46. The smallest absolute Gasteiger partial charge is 0.307 e. The van der Waals surface area contributed by atoms with Gasteiger partial charge in [-0.05, 0) is 48.7 Å². The molecule has 0 radical (unpaired) electrons. The number of piperidine rings is 1. The molecule has 1 N–H and O–H groups in total. The number of carbonyl (C=O) groups is 1. The van der Waals surface area contributed by atoms with E-state index in [4.69, 9.17) is 37.4 Å². The van der Waals surface area contributed by atoms with Gasteiger partial charge in [0.05, 0.1) is 43.3 Å². The summed E-state index contributed by atoms with van der Waals surface area (Å²) in [5, 5.41) is 10.5. The number of carboxylic acid groups (broad SMARTS) is 1. The van der Waals surface area contributed by atoms with Crippen LogP contribution in [0.4, 0.5) is 0 Å². The van der Waals surface area contributed by atoms with E-state index in [0.29, 0.717) is 40.3 Å². The van der Waals surface area contributed by atoms with Gasteiger partial charge in [-0.15, -0.1) is 0 Å². The van der Waals surface area contributed by atoms with Gasteiger partial charge in [-0.1, -0.05) is 35.3 Å². The average Bonchev–Trinajstić information content (AvgIpc) is 2.76. The molecule has 0 saturated carbocycles. The fourth-order valence-electron chi connectivity index (χ4n) is 4.02. The highest BCUT2D eigenvalue weighted by Crippen LogP contribution is 2.44. The molecule has 2 unspecified atom stereocenters. The van der Waals surface area contributed by atoms with Gasteiger partial charge < -0.3 is 19.3 Å². The summed E-state index contributed by atoms with van der Waals surface area (Å²) in [6, 6.07) is 8.89. The Morgan fingerprint density at radius 1 is 1.13 bits per heavy atom. The second kappa shape index (κ2) is 9.77. The molecule has 6 nitrogen and oxygen atoms in total. The Labute approximate surface area is 186 Å². The third-order valence-electron chi connectivity index (χ3n) is 5.45. The number of benzene rings is 2. The van der Waals surface area contributed by atoms with Crippen LogP contribution in [-0.4, -0.2) is 50.4 Å². The Kier molecular flexibility index (Phi) is 7.34. The maximum atomic E-state index is 11.7. The summed E-state index contributed by atoms with van der Waals surface area (Å²) in [6.45, 7) is 1.13. The molecule has 1 heterocycles. The van der Waals surface area contributed by atoms with E-state index in [1.54, 1.807) is 27.4 Å². The summed E-state index contributed by atoms with van der Waals surface area (Å²) in [5.41, 5.74) is 1.64. The predicted molar refractivity (Wildman–Crippen MR) is 116 cm³/mol. The zero-order valence-corrected chi connectivity index (χ0v) is 18.7. The molecule has 1 saturated heterocycles. The van der Waals surface area contributed by atoms with E-state index in [0.717, 1.165) is 24.1 Å². The molecule has 1 fully saturated rings. The minimum atomic E-state index is -0.791. The molecule has 0 bridgehead atoms. The number of aliphatic carboxylic acids is 1. The molecule has 0 aromatic heterocycles. The predicted octanol–water partition coefficient (Wildman–Crippen LogP) is 4.91. The summed E-state index contributed by atoms with van der Waals surface area (Å²) >= 11 is 12.9.